The first kappa shape index (κ1) is 15.7. The summed E-state index contributed by atoms with van der Waals surface area (Å²) < 4.78 is 5.57. The van der Waals surface area contributed by atoms with Crippen molar-refractivity contribution in [2.45, 2.75) is 31.9 Å². The fourth-order valence-corrected chi connectivity index (χ4v) is 1.68. The number of carbonyl (C=O) groups is 1. The summed E-state index contributed by atoms with van der Waals surface area (Å²) in [5.74, 6) is 0.126. The van der Waals surface area contributed by atoms with E-state index in [1.807, 2.05) is 30.3 Å². The first-order valence-electron chi connectivity index (χ1n) is 6.67. The zero-order valence-corrected chi connectivity index (χ0v) is 11.8. The lowest BCUT2D eigenvalue weighted by Crippen LogP contribution is -2.27. The molecule has 4 nitrogen and oxygen atoms in total. The minimum Gasteiger partial charge on any atom is -0.377 e. The summed E-state index contributed by atoms with van der Waals surface area (Å²) in [6, 6.07) is 10.1. The lowest BCUT2D eigenvalue weighted by atomic mass is 10.1. The minimum absolute atomic E-state index is 0.0275. The maximum atomic E-state index is 11.4. The summed E-state index contributed by atoms with van der Waals surface area (Å²) in [7, 11) is 3.52. The third-order valence-electron chi connectivity index (χ3n) is 2.97. The van der Waals surface area contributed by atoms with Gasteiger partial charge in [-0.15, -0.1) is 0 Å². The van der Waals surface area contributed by atoms with Crippen LogP contribution in [0.4, 0.5) is 0 Å². The van der Waals surface area contributed by atoms with Gasteiger partial charge in [0.25, 0.3) is 0 Å². The number of nitrogens with zero attached hydrogens (tertiary/aromatic N) is 1. The predicted octanol–water partition coefficient (Wildman–Crippen LogP) is 1.79. The Morgan fingerprint density at radius 3 is 2.58 bits per heavy atom. The van der Waals surface area contributed by atoms with Gasteiger partial charge in [0.15, 0.2) is 0 Å². The van der Waals surface area contributed by atoms with Crippen molar-refractivity contribution in [1.29, 1.82) is 0 Å². The van der Waals surface area contributed by atoms with Gasteiger partial charge in [0.05, 0.1) is 6.61 Å². The molecule has 1 rings (SSSR count). The van der Waals surface area contributed by atoms with Crippen LogP contribution >= 0.6 is 0 Å². The molecule has 0 saturated carbocycles. The molecule has 0 fully saturated rings. The molecule has 0 heterocycles. The second kappa shape index (κ2) is 8.67. The van der Waals surface area contributed by atoms with Crippen molar-refractivity contribution in [1.82, 2.24) is 4.90 Å². The van der Waals surface area contributed by atoms with E-state index in [9.17, 15) is 4.79 Å². The van der Waals surface area contributed by atoms with Crippen molar-refractivity contribution in [2.24, 2.45) is 5.73 Å². The van der Waals surface area contributed by atoms with E-state index < -0.39 is 0 Å². The zero-order valence-electron chi connectivity index (χ0n) is 11.8. The lowest BCUT2D eigenvalue weighted by Gasteiger charge is -2.14. The Labute approximate surface area is 115 Å². The largest absolute Gasteiger partial charge is 0.377 e. The third-order valence-corrected chi connectivity index (χ3v) is 2.97. The number of nitrogens with two attached hydrogens (primary N) is 1. The van der Waals surface area contributed by atoms with Crippen molar-refractivity contribution < 1.29 is 9.53 Å². The Morgan fingerprint density at radius 1 is 1.26 bits per heavy atom. The van der Waals surface area contributed by atoms with Crippen LogP contribution in [0.1, 0.15) is 24.8 Å². The van der Waals surface area contributed by atoms with Crippen molar-refractivity contribution in [3.8, 4) is 0 Å². The van der Waals surface area contributed by atoms with Crippen LogP contribution in [-0.2, 0) is 16.1 Å². The molecule has 0 radical (unpaired) electrons. The number of hydrogen-bond acceptors (Lipinski definition) is 3. The number of rotatable bonds is 8. The van der Waals surface area contributed by atoms with Crippen molar-refractivity contribution in [3.63, 3.8) is 0 Å². The normalized spacial score (nSPS) is 12.2. The number of hydrogen-bond donors (Lipinski definition) is 1. The Bertz CT molecular complexity index is 366. The quantitative estimate of drug-likeness (QED) is 0.728. The maximum absolute atomic E-state index is 11.4. The third kappa shape index (κ3) is 6.94. The van der Waals surface area contributed by atoms with Gasteiger partial charge in [-0.25, -0.2) is 0 Å². The highest BCUT2D eigenvalue weighted by Gasteiger charge is 2.08. The fraction of sp³-hybridized carbons (Fsp3) is 0.533. The summed E-state index contributed by atoms with van der Waals surface area (Å²) in [4.78, 5) is 13.0. The predicted molar refractivity (Wildman–Crippen MR) is 76.6 cm³/mol. The zero-order chi connectivity index (χ0) is 14.1. The highest BCUT2D eigenvalue weighted by Crippen LogP contribution is 2.04. The highest BCUT2D eigenvalue weighted by molar-refractivity contribution is 5.75. The summed E-state index contributed by atoms with van der Waals surface area (Å²) in [5, 5.41) is 0. The minimum atomic E-state index is 0.0275. The van der Waals surface area contributed by atoms with Crippen LogP contribution in [0.3, 0.4) is 0 Å². The van der Waals surface area contributed by atoms with Crippen molar-refractivity contribution in [2.75, 3.05) is 20.7 Å². The van der Waals surface area contributed by atoms with Crippen LogP contribution in [-0.4, -0.2) is 37.6 Å². The molecular weight excluding hydrogens is 240 g/mol. The van der Waals surface area contributed by atoms with Gasteiger partial charge in [0, 0.05) is 33.2 Å². The first-order valence-corrected chi connectivity index (χ1v) is 6.67. The molecule has 0 unspecified atom stereocenters. The van der Waals surface area contributed by atoms with E-state index >= 15 is 0 Å². The Balaban J connectivity index is 2.07. The van der Waals surface area contributed by atoms with Gasteiger partial charge in [0.2, 0.25) is 5.91 Å². The van der Waals surface area contributed by atoms with E-state index in [-0.39, 0.29) is 11.9 Å². The molecule has 2 N–H and O–H groups in total. The molecule has 0 spiro atoms. The topological polar surface area (TPSA) is 55.6 Å². The first-order chi connectivity index (χ1) is 9.09. The number of benzene rings is 1. The highest BCUT2D eigenvalue weighted by atomic mass is 16.5. The molecule has 106 valence electrons. The molecule has 0 aliphatic carbocycles. The van der Waals surface area contributed by atoms with E-state index in [2.05, 4.69) is 0 Å². The standard InChI is InChI=1S/C15H24N2O2/c1-17(2)15(18)9-8-14(16)10-11-19-12-13-6-4-3-5-7-13/h3-7,14H,8-12,16H2,1-2H3/t14-/m1/s1. The Hall–Kier alpha value is -1.39. The summed E-state index contributed by atoms with van der Waals surface area (Å²) in [6.07, 6.45) is 2.01. The number of carbonyl (C=O) groups excluding carboxylic acids is 1. The lowest BCUT2D eigenvalue weighted by molar-refractivity contribution is -0.128. The average Bonchev–Trinajstić information content (AvgIpc) is 2.42. The summed E-state index contributed by atoms with van der Waals surface area (Å²) >= 11 is 0. The second-order valence-corrected chi connectivity index (χ2v) is 4.91. The number of ether oxygens (including phenoxy) is 1. The molecule has 1 aromatic rings. The molecule has 0 aromatic heterocycles. The van der Waals surface area contributed by atoms with Gasteiger partial charge >= 0.3 is 0 Å². The van der Waals surface area contributed by atoms with Crippen LogP contribution in [0, 0.1) is 0 Å². The molecule has 1 amide bonds. The van der Waals surface area contributed by atoms with Crippen molar-refractivity contribution in [3.05, 3.63) is 35.9 Å². The van der Waals surface area contributed by atoms with E-state index in [1.165, 1.54) is 5.56 Å². The molecule has 0 bridgehead atoms. The van der Waals surface area contributed by atoms with Gasteiger partial charge in [-0.2, -0.15) is 0 Å². The number of amides is 1. The summed E-state index contributed by atoms with van der Waals surface area (Å²) in [5.41, 5.74) is 7.12. The van der Waals surface area contributed by atoms with Gasteiger partial charge < -0.3 is 15.4 Å². The Kier molecular flexibility index (Phi) is 7.15. The fourth-order valence-electron chi connectivity index (χ4n) is 1.68. The van der Waals surface area contributed by atoms with E-state index in [4.69, 9.17) is 10.5 Å². The van der Waals surface area contributed by atoms with Gasteiger partial charge in [-0.3, -0.25) is 4.79 Å². The maximum Gasteiger partial charge on any atom is 0.222 e. The molecule has 0 saturated heterocycles. The molecule has 0 aliphatic rings. The van der Waals surface area contributed by atoms with Crippen LogP contribution < -0.4 is 5.73 Å². The second-order valence-electron chi connectivity index (χ2n) is 4.91. The Morgan fingerprint density at radius 2 is 1.95 bits per heavy atom. The molecular formula is C15H24N2O2. The molecule has 1 aromatic carbocycles. The van der Waals surface area contributed by atoms with E-state index in [1.54, 1.807) is 19.0 Å². The van der Waals surface area contributed by atoms with Gasteiger partial charge in [-0.05, 0) is 18.4 Å². The smallest absolute Gasteiger partial charge is 0.222 e. The van der Waals surface area contributed by atoms with Crippen LogP contribution in [0.5, 0.6) is 0 Å². The van der Waals surface area contributed by atoms with Crippen LogP contribution in [0.2, 0.25) is 0 Å². The van der Waals surface area contributed by atoms with Crippen LogP contribution in [0.15, 0.2) is 30.3 Å². The molecule has 0 aliphatic heterocycles. The van der Waals surface area contributed by atoms with Crippen LogP contribution in [0.25, 0.3) is 0 Å². The monoisotopic (exact) mass is 264 g/mol. The molecule has 4 heteroatoms. The van der Waals surface area contributed by atoms with Gasteiger partial charge in [-0.1, -0.05) is 30.3 Å². The van der Waals surface area contributed by atoms with E-state index in [0.717, 1.165) is 6.42 Å². The molecule has 19 heavy (non-hydrogen) atoms. The van der Waals surface area contributed by atoms with Gasteiger partial charge in [0.1, 0.15) is 0 Å². The van der Waals surface area contributed by atoms with E-state index in [0.29, 0.717) is 26.1 Å². The summed E-state index contributed by atoms with van der Waals surface area (Å²) in [6.45, 7) is 1.25. The average molecular weight is 264 g/mol. The SMILES string of the molecule is CN(C)C(=O)CC[C@@H](N)CCOCc1ccccc1. The van der Waals surface area contributed by atoms with Crippen molar-refractivity contribution >= 4 is 5.91 Å². The molecule has 1 atom stereocenters.